The summed E-state index contributed by atoms with van der Waals surface area (Å²) in [7, 11) is 0. The fourth-order valence-electron chi connectivity index (χ4n) is 2.36. The van der Waals surface area contributed by atoms with E-state index < -0.39 is 5.97 Å². The number of aliphatic carboxylic acids is 1. The van der Waals surface area contributed by atoms with E-state index in [-0.39, 0.29) is 24.5 Å². The zero-order valence-electron chi connectivity index (χ0n) is 10.0. The van der Waals surface area contributed by atoms with E-state index in [4.69, 9.17) is 5.11 Å². The van der Waals surface area contributed by atoms with Gasteiger partial charge < -0.3 is 15.3 Å². The summed E-state index contributed by atoms with van der Waals surface area (Å²) in [5.74, 6) is -0.935. The van der Waals surface area contributed by atoms with Gasteiger partial charge in [0.1, 0.15) is 6.54 Å². The molecule has 0 aromatic rings. The molecule has 5 nitrogen and oxygen atoms in total. The number of rotatable bonds is 4. The molecule has 1 atom stereocenters. The van der Waals surface area contributed by atoms with Crippen LogP contribution < -0.4 is 5.32 Å². The topological polar surface area (TPSA) is 69.6 Å². The van der Waals surface area contributed by atoms with Crippen LogP contribution >= 0.6 is 0 Å². The number of carbonyl (C=O) groups excluding carboxylic acids is 1. The van der Waals surface area contributed by atoms with E-state index in [2.05, 4.69) is 5.32 Å². The lowest BCUT2D eigenvalue weighted by molar-refractivity contribution is -0.145. The van der Waals surface area contributed by atoms with Crippen molar-refractivity contribution in [1.82, 2.24) is 10.2 Å². The number of hydrogen-bond donors (Lipinski definition) is 2. The number of hydrogen-bond acceptors (Lipinski definition) is 3. The van der Waals surface area contributed by atoms with E-state index in [0.29, 0.717) is 0 Å². The highest BCUT2D eigenvalue weighted by Crippen LogP contribution is 2.27. The Morgan fingerprint density at radius 3 is 2.59 bits per heavy atom. The number of amides is 1. The Kier molecular flexibility index (Phi) is 3.99. The van der Waals surface area contributed by atoms with Crippen molar-refractivity contribution < 1.29 is 14.7 Å². The largest absolute Gasteiger partial charge is 0.480 e. The highest BCUT2D eigenvalue weighted by atomic mass is 16.4. The van der Waals surface area contributed by atoms with Gasteiger partial charge in [-0.1, -0.05) is 12.8 Å². The molecule has 2 aliphatic rings. The molecule has 2 rings (SSSR count). The maximum atomic E-state index is 12.3. The summed E-state index contributed by atoms with van der Waals surface area (Å²) in [5.41, 5.74) is 0. The van der Waals surface area contributed by atoms with Crippen molar-refractivity contribution in [1.29, 1.82) is 0 Å². The van der Waals surface area contributed by atoms with Crippen LogP contribution in [-0.2, 0) is 9.59 Å². The summed E-state index contributed by atoms with van der Waals surface area (Å²) in [6.07, 6.45) is 6.04. The molecule has 0 radical (unpaired) electrons. The number of nitrogens with one attached hydrogen (secondary N) is 1. The third-order valence-corrected chi connectivity index (χ3v) is 3.43. The van der Waals surface area contributed by atoms with Gasteiger partial charge in [0.05, 0.1) is 6.04 Å². The molecular formula is C12H20N2O3. The molecule has 96 valence electrons. The van der Waals surface area contributed by atoms with E-state index in [1.54, 1.807) is 4.90 Å². The molecule has 1 heterocycles. The van der Waals surface area contributed by atoms with Crippen molar-refractivity contribution in [2.24, 2.45) is 0 Å². The quantitative estimate of drug-likeness (QED) is 0.754. The lowest BCUT2D eigenvalue weighted by atomic mass is 10.1. The molecule has 1 amide bonds. The summed E-state index contributed by atoms with van der Waals surface area (Å²) in [4.78, 5) is 24.6. The van der Waals surface area contributed by atoms with Crippen molar-refractivity contribution in [2.75, 3.05) is 13.1 Å². The second-order valence-electron chi connectivity index (χ2n) is 4.95. The van der Waals surface area contributed by atoms with Gasteiger partial charge in [-0.15, -0.1) is 0 Å². The van der Waals surface area contributed by atoms with E-state index in [9.17, 15) is 9.59 Å². The van der Waals surface area contributed by atoms with E-state index >= 15 is 0 Å². The van der Waals surface area contributed by atoms with Crippen molar-refractivity contribution >= 4 is 11.9 Å². The molecule has 2 N–H and O–H groups in total. The summed E-state index contributed by atoms with van der Waals surface area (Å²) >= 11 is 0. The van der Waals surface area contributed by atoms with Gasteiger partial charge in [-0.05, 0) is 32.2 Å². The minimum absolute atomic E-state index is 0.0169. The SMILES string of the molecule is O=C(O)CN(C(=O)C1CCCCCN1)C1CC1. The zero-order chi connectivity index (χ0) is 12.3. The second-order valence-corrected chi connectivity index (χ2v) is 4.95. The van der Waals surface area contributed by atoms with E-state index in [1.165, 1.54) is 0 Å². The first-order chi connectivity index (χ1) is 8.18. The third-order valence-electron chi connectivity index (χ3n) is 3.43. The predicted octanol–water partition coefficient (Wildman–Crippen LogP) is 0.594. The zero-order valence-corrected chi connectivity index (χ0v) is 10.0. The first-order valence-corrected chi connectivity index (χ1v) is 6.44. The number of carboxylic acids is 1. The summed E-state index contributed by atoms with van der Waals surface area (Å²) < 4.78 is 0. The van der Waals surface area contributed by atoms with Crippen molar-refractivity contribution in [3.8, 4) is 0 Å². The lowest BCUT2D eigenvalue weighted by Gasteiger charge is -2.25. The highest BCUT2D eigenvalue weighted by Gasteiger charge is 2.36. The number of carboxylic acid groups (broad SMARTS) is 1. The maximum Gasteiger partial charge on any atom is 0.323 e. The maximum absolute atomic E-state index is 12.3. The number of nitrogens with zero attached hydrogens (tertiary/aromatic N) is 1. The molecule has 5 heteroatoms. The minimum atomic E-state index is -0.918. The van der Waals surface area contributed by atoms with Crippen LogP contribution in [0, 0.1) is 0 Å². The normalized spacial score (nSPS) is 25.1. The first kappa shape index (κ1) is 12.4. The molecule has 0 bridgehead atoms. The summed E-state index contributed by atoms with van der Waals surface area (Å²) in [6, 6.07) is 0.00102. The van der Waals surface area contributed by atoms with Gasteiger partial charge in [0.15, 0.2) is 0 Å². The van der Waals surface area contributed by atoms with Crippen molar-refractivity contribution in [3.63, 3.8) is 0 Å². The van der Waals surface area contributed by atoms with Crippen LogP contribution in [0.1, 0.15) is 38.5 Å². The Bertz CT molecular complexity index is 294. The number of carbonyl (C=O) groups is 2. The van der Waals surface area contributed by atoms with Crippen molar-refractivity contribution in [2.45, 2.75) is 50.6 Å². The van der Waals surface area contributed by atoms with Gasteiger partial charge in [0.2, 0.25) is 5.91 Å². The minimum Gasteiger partial charge on any atom is -0.480 e. The van der Waals surface area contributed by atoms with Gasteiger partial charge >= 0.3 is 5.97 Å². The van der Waals surface area contributed by atoms with Crippen molar-refractivity contribution in [3.05, 3.63) is 0 Å². The van der Waals surface area contributed by atoms with Gasteiger partial charge in [0, 0.05) is 6.04 Å². The molecule has 1 unspecified atom stereocenters. The Morgan fingerprint density at radius 2 is 1.94 bits per heavy atom. The molecule has 0 spiro atoms. The standard InChI is InChI=1S/C12H20N2O3/c15-11(16)8-14(9-5-6-9)12(17)10-4-2-1-3-7-13-10/h9-10,13H,1-8H2,(H,15,16). The monoisotopic (exact) mass is 240 g/mol. The van der Waals surface area contributed by atoms with E-state index in [0.717, 1.165) is 45.1 Å². The van der Waals surface area contributed by atoms with Crippen LogP contribution in [-0.4, -0.2) is 47.1 Å². The van der Waals surface area contributed by atoms with Crippen LogP contribution in [0.3, 0.4) is 0 Å². The molecule has 1 aliphatic carbocycles. The van der Waals surface area contributed by atoms with Crippen LogP contribution in [0.15, 0.2) is 0 Å². The molecule has 2 fully saturated rings. The Labute approximate surface area is 101 Å². The third kappa shape index (κ3) is 3.43. The van der Waals surface area contributed by atoms with Gasteiger partial charge in [-0.2, -0.15) is 0 Å². The molecular weight excluding hydrogens is 220 g/mol. The average molecular weight is 240 g/mol. The fraction of sp³-hybridized carbons (Fsp3) is 0.833. The lowest BCUT2D eigenvalue weighted by Crippen LogP contribution is -2.48. The van der Waals surface area contributed by atoms with Gasteiger partial charge in [-0.3, -0.25) is 9.59 Å². The Morgan fingerprint density at radius 1 is 1.18 bits per heavy atom. The molecule has 17 heavy (non-hydrogen) atoms. The first-order valence-electron chi connectivity index (χ1n) is 6.44. The average Bonchev–Trinajstić information content (AvgIpc) is 3.10. The van der Waals surface area contributed by atoms with E-state index in [1.807, 2.05) is 0 Å². The van der Waals surface area contributed by atoms with Crippen LogP contribution in [0.2, 0.25) is 0 Å². The molecule has 1 aliphatic heterocycles. The highest BCUT2D eigenvalue weighted by molar-refractivity contribution is 5.86. The smallest absolute Gasteiger partial charge is 0.323 e. The Balaban J connectivity index is 1.96. The summed E-state index contributed by atoms with van der Waals surface area (Å²) in [6.45, 7) is 0.712. The predicted molar refractivity (Wildman–Crippen MR) is 62.6 cm³/mol. The molecule has 1 saturated heterocycles. The Hall–Kier alpha value is -1.10. The molecule has 0 aromatic heterocycles. The van der Waals surface area contributed by atoms with Gasteiger partial charge in [0.25, 0.3) is 0 Å². The van der Waals surface area contributed by atoms with Crippen LogP contribution in [0.25, 0.3) is 0 Å². The molecule has 1 saturated carbocycles. The van der Waals surface area contributed by atoms with Crippen LogP contribution in [0.4, 0.5) is 0 Å². The molecule has 0 aromatic carbocycles. The second kappa shape index (κ2) is 5.49. The van der Waals surface area contributed by atoms with Crippen LogP contribution in [0.5, 0.6) is 0 Å². The summed E-state index contributed by atoms with van der Waals surface area (Å²) in [5, 5.41) is 12.1. The fourth-order valence-corrected chi connectivity index (χ4v) is 2.36. The van der Waals surface area contributed by atoms with Gasteiger partial charge in [-0.25, -0.2) is 0 Å².